The van der Waals surface area contributed by atoms with E-state index in [9.17, 15) is 4.79 Å². The van der Waals surface area contributed by atoms with Crippen LogP contribution in [0.5, 0.6) is 5.75 Å². The zero-order valence-electron chi connectivity index (χ0n) is 19.6. The lowest BCUT2D eigenvalue weighted by Gasteiger charge is -2.28. The molecule has 4 aromatic rings. The average Bonchev–Trinajstić information content (AvgIpc) is 3.60. The highest BCUT2D eigenvalue weighted by molar-refractivity contribution is 8.01. The van der Waals surface area contributed by atoms with Gasteiger partial charge in [0.05, 0.1) is 19.3 Å². The number of thioether (sulfide) groups is 1. The summed E-state index contributed by atoms with van der Waals surface area (Å²) in [6.07, 6.45) is 0.918. The topological polar surface area (TPSA) is 117 Å². The highest BCUT2D eigenvalue weighted by Crippen LogP contribution is 2.38. The third-order valence-corrected chi connectivity index (χ3v) is 7.57. The zero-order valence-corrected chi connectivity index (χ0v) is 21.3. The summed E-state index contributed by atoms with van der Waals surface area (Å²) in [7, 11) is 1.37. The first-order valence-electron chi connectivity index (χ1n) is 11.3. The first-order chi connectivity index (χ1) is 17.7. The molecule has 184 valence electrons. The SMILES string of the molecule is CCCOc1ccc(C2C(C(=O)OC)=C(CSc3nnc(-c4ccccc4)s3)Nc3nnnn32)cc1. The number of hydrogen-bond donors (Lipinski definition) is 1. The Bertz CT molecular complexity index is 1370. The second-order valence-corrected chi connectivity index (χ2v) is 10.0. The molecule has 1 aliphatic rings. The molecule has 1 aliphatic heterocycles. The van der Waals surface area contributed by atoms with Crippen LogP contribution in [-0.2, 0) is 9.53 Å². The van der Waals surface area contributed by atoms with Gasteiger partial charge in [-0.25, -0.2) is 4.79 Å². The van der Waals surface area contributed by atoms with Crippen LogP contribution in [0.15, 0.2) is 70.2 Å². The van der Waals surface area contributed by atoms with Gasteiger partial charge in [-0.15, -0.1) is 10.2 Å². The second-order valence-electron chi connectivity index (χ2n) is 7.80. The maximum atomic E-state index is 13.0. The van der Waals surface area contributed by atoms with Crippen molar-refractivity contribution >= 4 is 35.0 Å². The summed E-state index contributed by atoms with van der Waals surface area (Å²) < 4.78 is 13.3. The fourth-order valence-electron chi connectivity index (χ4n) is 3.77. The van der Waals surface area contributed by atoms with Crippen LogP contribution >= 0.6 is 23.1 Å². The number of fused-ring (bicyclic) bond motifs is 1. The van der Waals surface area contributed by atoms with Crippen LogP contribution in [0.4, 0.5) is 5.95 Å². The van der Waals surface area contributed by atoms with E-state index >= 15 is 0 Å². The van der Waals surface area contributed by atoms with Crippen LogP contribution in [-0.4, -0.2) is 55.8 Å². The van der Waals surface area contributed by atoms with E-state index in [0.29, 0.717) is 29.6 Å². The lowest BCUT2D eigenvalue weighted by Crippen LogP contribution is -2.30. The minimum absolute atomic E-state index is 0.426. The van der Waals surface area contributed by atoms with Crippen LogP contribution in [0.2, 0.25) is 0 Å². The predicted molar refractivity (Wildman–Crippen MR) is 137 cm³/mol. The highest BCUT2D eigenvalue weighted by atomic mass is 32.2. The third kappa shape index (κ3) is 4.95. The van der Waals surface area contributed by atoms with Crippen molar-refractivity contribution in [3.63, 3.8) is 0 Å². The van der Waals surface area contributed by atoms with E-state index in [-0.39, 0.29) is 0 Å². The minimum Gasteiger partial charge on any atom is -0.494 e. The van der Waals surface area contributed by atoms with E-state index in [0.717, 1.165) is 32.6 Å². The Morgan fingerprint density at radius 3 is 2.67 bits per heavy atom. The number of tetrazole rings is 1. The van der Waals surface area contributed by atoms with E-state index < -0.39 is 12.0 Å². The summed E-state index contributed by atoms with van der Waals surface area (Å²) in [5.74, 6) is 1.17. The standard InChI is InChI=1S/C24H23N7O3S2/c1-3-13-34-17-11-9-15(10-12-17)20-19(22(32)33-2)18(25-23-27-29-30-31(20)23)14-35-24-28-26-21(36-24)16-7-5-4-6-8-16/h4-12,20H,3,13-14H2,1-2H3,(H,25,27,30). The zero-order chi connectivity index (χ0) is 24.9. The van der Waals surface area contributed by atoms with Gasteiger partial charge in [-0.3, -0.25) is 0 Å². The molecular formula is C24H23N7O3S2. The van der Waals surface area contributed by atoms with Crippen LogP contribution in [0.1, 0.15) is 24.9 Å². The number of methoxy groups -OCH3 is 1. The van der Waals surface area contributed by atoms with Crippen molar-refractivity contribution < 1.29 is 14.3 Å². The molecule has 10 nitrogen and oxygen atoms in total. The van der Waals surface area contributed by atoms with E-state index in [2.05, 4.69) is 38.0 Å². The van der Waals surface area contributed by atoms with Gasteiger partial charge < -0.3 is 14.8 Å². The molecule has 1 atom stereocenters. The molecule has 36 heavy (non-hydrogen) atoms. The normalized spacial score (nSPS) is 14.8. The molecule has 0 radical (unpaired) electrons. The summed E-state index contributed by atoms with van der Waals surface area (Å²) in [5, 5.41) is 24.7. The number of nitrogens with one attached hydrogen (secondary N) is 1. The van der Waals surface area contributed by atoms with Crippen molar-refractivity contribution in [1.82, 2.24) is 30.4 Å². The first-order valence-corrected chi connectivity index (χ1v) is 13.1. The van der Waals surface area contributed by atoms with E-state index in [4.69, 9.17) is 9.47 Å². The van der Waals surface area contributed by atoms with Gasteiger partial charge >= 0.3 is 5.97 Å². The summed E-state index contributed by atoms with van der Waals surface area (Å²) in [4.78, 5) is 13.0. The molecule has 12 heteroatoms. The van der Waals surface area contributed by atoms with Crippen LogP contribution in [0.25, 0.3) is 10.6 Å². The molecular weight excluding hydrogens is 498 g/mol. The molecule has 0 spiro atoms. The molecule has 1 N–H and O–H groups in total. The van der Waals surface area contributed by atoms with Gasteiger partial charge in [0.25, 0.3) is 0 Å². The fourth-order valence-corrected chi connectivity index (χ4v) is 5.60. The Labute approximate surface area is 215 Å². The molecule has 0 bridgehead atoms. The van der Waals surface area contributed by atoms with Gasteiger partial charge in [0.1, 0.15) is 16.8 Å². The molecule has 0 amide bonds. The molecule has 0 saturated heterocycles. The molecule has 1 unspecified atom stereocenters. The maximum Gasteiger partial charge on any atom is 0.338 e. The van der Waals surface area contributed by atoms with Gasteiger partial charge in [-0.05, 0) is 34.5 Å². The van der Waals surface area contributed by atoms with Crippen molar-refractivity contribution in [3.8, 4) is 16.3 Å². The molecule has 3 heterocycles. The number of ether oxygens (including phenoxy) is 2. The Morgan fingerprint density at radius 1 is 1.11 bits per heavy atom. The Hall–Kier alpha value is -3.77. The third-order valence-electron chi connectivity index (χ3n) is 5.44. The van der Waals surface area contributed by atoms with Gasteiger partial charge in [-0.2, -0.15) is 4.68 Å². The summed E-state index contributed by atoms with van der Waals surface area (Å²) in [6.45, 7) is 2.69. The molecule has 2 aromatic heterocycles. The number of carbonyl (C=O) groups excluding carboxylic acids is 1. The maximum absolute atomic E-state index is 13.0. The lowest BCUT2D eigenvalue weighted by molar-refractivity contribution is -0.136. The van der Waals surface area contributed by atoms with Gasteiger partial charge in [0, 0.05) is 17.0 Å². The van der Waals surface area contributed by atoms with Gasteiger partial charge in [0.2, 0.25) is 5.95 Å². The number of aromatic nitrogens is 6. The number of hydrogen-bond acceptors (Lipinski definition) is 11. The minimum atomic E-state index is -0.561. The first kappa shape index (κ1) is 23.9. The molecule has 0 fully saturated rings. The molecule has 5 rings (SSSR count). The highest BCUT2D eigenvalue weighted by Gasteiger charge is 2.36. The smallest absolute Gasteiger partial charge is 0.338 e. The van der Waals surface area contributed by atoms with E-state index in [1.807, 2.05) is 54.6 Å². The lowest BCUT2D eigenvalue weighted by atomic mass is 9.95. The average molecular weight is 522 g/mol. The van der Waals surface area contributed by atoms with Crippen LogP contribution in [0, 0.1) is 0 Å². The fraction of sp³-hybridized carbons (Fsp3) is 0.250. The summed E-state index contributed by atoms with van der Waals surface area (Å²) >= 11 is 2.98. The monoisotopic (exact) mass is 521 g/mol. The molecule has 0 aliphatic carbocycles. The van der Waals surface area contributed by atoms with Gasteiger partial charge in [0.15, 0.2) is 4.34 Å². The Morgan fingerprint density at radius 2 is 1.92 bits per heavy atom. The second kappa shape index (κ2) is 10.9. The van der Waals surface area contributed by atoms with Gasteiger partial charge in [-0.1, -0.05) is 77.6 Å². The Balaban J connectivity index is 1.45. The quantitative estimate of drug-likeness (QED) is 0.253. The van der Waals surface area contributed by atoms with Crippen molar-refractivity contribution in [2.45, 2.75) is 23.7 Å². The number of rotatable bonds is 9. The number of esters is 1. The van der Waals surface area contributed by atoms with Crippen molar-refractivity contribution in [2.75, 3.05) is 24.8 Å². The van der Waals surface area contributed by atoms with E-state index in [1.54, 1.807) is 4.68 Å². The summed E-state index contributed by atoms with van der Waals surface area (Å²) in [6, 6.07) is 16.9. The Kier molecular flexibility index (Phi) is 7.23. The predicted octanol–water partition coefficient (Wildman–Crippen LogP) is 4.21. The van der Waals surface area contributed by atoms with Crippen LogP contribution in [0.3, 0.4) is 0 Å². The van der Waals surface area contributed by atoms with E-state index in [1.165, 1.54) is 30.2 Å². The number of nitrogens with zero attached hydrogens (tertiary/aromatic N) is 6. The summed E-state index contributed by atoms with van der Waals surface area (Å²) in [5.41, 5.74) is 2.93. The largest absolute Gasteiger partial charge is 0.494 e. The van der Waals surface area contributed by atoms with Crippen molar-refractivity contribution in [3.05, 3.63) is 71.4 Å². The van der Waals surface area contributed by atoms with Crippen LogP contribution < -0.4 is 10.1 Å². The van der Waals surface area contributed by atoms with Crippen molar-refractivity contribution in [2.24, 2.45) is 0 Å². The number of benzene rings is 2. The molecule has 0 saturated carbocycles. The molecule has 2 aromatic carbocycles. The van der Waals surface area contributed by atoms with Crippen molar-refractivity contribution in [1.29, 1.82) is 0 Å². The number of carbonyl (C=O) groups is 1. The number of anilines is 1.